The Morgan fingerprint density at radius 2 is 1.82 bits per heavy atom. The van der Waals surface area contributed by atoms with Crippen molar-refractivity contribution in [3.8, 4) is 11.6 Å². The van der Waals surface area contributed by atoms with Crippen LogP contribution in [0.25, 0.3) is 0 Å². The van der Waals surface area contributed by atoms with Crippen molar-refractivity contribution in [1.29, 1.82) is 0 Å². The Morgan fingerprint density at radius 1 is 1.11 bits per heavy atom. The van der Waals surface area contributed by atoms with E-state index in [1.165, 1.54) is 24.3 Å². The van der Waals surface area contributed by atoms with Crippen molar-refractivity contribution >= 4 is 11.6 Å². The molecule has 0 atom stereocenters. The fraction of sp³-hybridized carbons (Fsp3) is 0.182. The monoisotopic (exact) mass is 379 g/mol. The molecule has 1 amide bonds. The standard InChI is InChI=1S/C22H22FN3O2/c1-3-26(2)19-8-4-17(5-9-19)22(27)25-15-16-12-13-24-21(14-16)28-20-10-6-18(23)7-11-20/h4-14H,3,15H2,1-2H3,(H,25,27). The molecule has 144 valence electrons. The summed E-state index contributed by atoms with van der Waals surface area (Å²) in [5.41, 5.74) is 2.52. The van der Waals surface area contributed by atoms with Gasteiger partial charge in [-0.15, -0.1) is 0 Å². The summed E-state index contributed by atoms with van der Waals surface area (Å²) in [7, 11) is 2.00. The van der Waals surface area contributed by atoms with Gasteiger partial charge in [0, 0.05) is 43.7 Å². The highest BCUT2D eigenvalue weighted by molar-refractivity contribution is 5.94. The number of hydrogen-bond acceptors (Lipinski definition) is 4. The molecule has 1 aromatic heterocycles. The molecule has 3 rings (SSSR count). The number of amides is 1. The molecule has 5 nitrogen and oxygen atoms in total. The average Bonchev–Trinajstić information content (AvgIpc) is 2.73. The van der Waals surface area contributed by atoms with Crippen LogP contribution >= 0.6 is 0 Å². The van der Waals surface area contributed by atoms with Gasteiger partial charge >= 0.3 is 0 Å². The van der Waals surface area contributed by atoms with Crippen LogP contribution in [-0.4, -0.2) is 24.5 Å². The van der Waals surface area contributed by atoms with E-state index in [1.54, 1.807) is 18.3 Å². The number of hydrogen-bond donors (Lipinski definition) is 1. The molecule has 0 saturated heterocycles. The summed E-state index contributed by atoms with van der Waals surface area (Å²) in [6.07, 6.45) is 1.61. The molecular formula is C22H22FN3O2. The Balaban J connectivity index is 1.59. The summed E-state index contributed by atoms with van der Waals surface area (Å²) < 4.78 is 18.6. The predicted molar refractivity (Wildman–Crippen MR) is 107 cm³/mol. The Labute approximate surface area is 163 Å². The van der Waals surface area contributed by atoms with E-state index in [0.29, 0.717) is 23.7 Å². The molecule has 0 unspecified atom stereocenters. The lowest BCUT2D eigenvalue weighted by atomic mass is 10.1. The molecular weight excluding hydrogens is 357 g/mol. The minimum Gasteiger partial charge on any atom is -0.439 e. The number of anilines is 1. The maximum absolute atomic E-state index is 13.0. The second kappa shape index (κ2) is 8.99. The van der Waals surface area contributed by atoms with Gasteiger partial charge < -0.3 is 15.0 Å². The maximum Gasteiger partial charge on any atom is 0.251 e. The highest BCUT2D eigenvalue weighted by Crippen LogP contribution is 2.20. The molecule has 3 aromatic rings. The van der Waals surface area contributed by atoms with Gasteiger partial charge in [-0.25, -0.2) is 9.37 Å². The molecule has 0 spiro atoms. The zero-order chi connectivity index (χ0) is 19.9. The minimum absolute atomic E-state index is 0.150. The van der Waals surface area contributed by atoms with Gasteiger partial charge in [0.1, 0.15) is 11.6 Å². The normalized spacial score (nSPS) is 10.4. The van der Waals surface area contributed by atoms with Crippen molar-refractivity contribution in [3.05, 3.63) is 83.8 Å². The quantitative estimate of drug-likeness (QED) is 0.661. The number of ether oxygens (including phenoxy) is 1. The fourth-order valence-corrected chi connectivity index (χ4v) is 2.57. The summed E-state index contributed by atoms with van der Waals surface area (Å²) in [5.74, 6) is 0.396. The van der Waals surface area contributed by atoms with Crippen molar-refractivity contribution in [1.82, 2.24) is 10.3 Å². The molecule has 0 aliphatic carbocycles. The largest absolute Gasteiger partial charge is 0.439 e. The lowest BCUT2D eigenvalue weighted by Crippen LogP contribution is -2.23. The van der Waals surface area contributed by atoms with E-state index < -0.39 is 0 Å². The van der Waals surface area contributed by atoms with Gasteiger partial charge in [-0.05, 0) is 67.1 Å². The summed E-state index contributed by atoms with van der Waals surface area (Å²) in [6.45, 7) is 3.32. The number of carbonyl (C=O) groups excluding carboxylic acids is 1. The second-order valence-electron chi connectivity index (χ2n) is 6.30. The molecule has 0 radical (unpaired) electrons. The molecule has 0 fully saturated rings. The molecule has 0 saturated carbocycles. The Kier molecular flexibility index (Phi) is 6.22. The van der Waals surface area contributed by atoms with Gasteiger partial charge in [0.15, 0.2) is 0 Å². The third kappa shape index (κ3) is 5.07. The number of pyridine rings is 1. The highest BCUT2D eigenvalue weighted by atomic mass is 19.1. The molecule has 1 N–H and O–H groups in total. The van der Waals surface area contributed by atoms with Crippen LogP contribution in [0.4, 0.5) is 10.1 Å². The number of nitrogens with one attached hydrogen (secondary N) is 1. The maximum atomic E-state index is 13.0. The molecule has 2 aromatic carbocycles. The Hall–Kier alpha value is -3.41. The summed E-state index contributed by atoms with van der Waals surface area (Å²) in [6, 6.07) is 16.7. The van der Waals surface area contributed by atoms with E-state index in [2.05, 4.69) is 22.1 Å². The number of halogens is 1. The zero-order valence-corrected chi connectivity index (χ0v) is 15.9. The van der Waals surface area contributed by atoms with Gasteiger partial charge in [0.05, 0.1) is 0 Å². The third-order valence-corrected chi connectivity index (χ3v) is 4.33. The first-order chi connectivity index (χ1) is 13.5. The van der Waals surface area contributed by atoms with Crippen LogP contribution in [-0.2, 0) is 6.54 Å². The SMILES string of the molecule is CCN(C)c1ccc(C(=O)NCc2ccnc(Oc3ccc(F)cc3)c2)cc1. The number of aromatic nitrogens is 1. The Bertz CT molecular complexity index is 927. The first-order valence-corrected chi connectivity index (χ1v) is 9.03. The fourth-order valence-electron chi connectivity index (χ4n) is 2.57. The van der Waals surface area contributed by atoms with Crippen LogP contribution in [0.5, 0.6) is 11.6 Å². The molecule has 0 aliphatic rings. The van der Waals surface area contributed by atoms with Gasteiger partial charge in [-0.1, -0.05) is 0 Å². The summed E-state index contributed by atoms with van der Waals surface area (Å²) in [5, 5.41) is 2.89. The number of benzene rings is 2. The van der Waals surface area contributed by atoms with Crippen molar-refractivity contribution in [2.75, 3.05) is 18.5 Å². The van der Waals surface area contributed by atoms with Crippen LogP contribution in [0.2, 0.25) is 0 Å². The van der Waals surface area contributed by atoms with Crippen LogP contribution in [0.3, 0.4) is 0 Å². The lowest BCUT2D eigenvalue weighted by Gasteiger charge is -2.16. The van der Waals surface area contributed by atoms with Gasteiger partial charge in [0.25, 0.3) is 5.91 Å². The molecule has 28 heavy (non-hydrogen) atoms. The number of rotatable bonds is 7. The minimum atomic E-state index is -0.328. The average molecular weight is 379 g/mol. The first-order valence-electron chi connectivity index (χ1n) is 9.03. The van der Waals surface area contributed by atoms with Gasteiger partial charge in [-0.3, -0.25) is 4.79 Å². The molecule has 0 bridgehead atoms. The predicted octanol–water partition coefficient (Wildman–Crippen LogP) is 4.40. The smallest absolute Gasteiger partial charge is 0.251 e. The van der Waals surface area contributed by atoms with Crippen LogP contribution < -0.4 is 15.0 Å². The van der Waals surface area contributed by atoms with Crippen molar-refractivity contribution in [2.24, 2.45) is 0 Å². The highest BCUT2D eigenvalue weighted by Gasteiger charge is 2.07. The zero-order valence-electron chi connectivity index (χ0n) is 15.9. The van der Waals surface area contributed by atoms with E-state index in [1.807, 2.05) is 31.3 Å². The van der Waals surface area contributed by atoms with Crippen molar-refractivity contribution < 1.29 is 13.9 Å². The van der Waals surface area contributed by atoms with Crippen LogP contribution in [0.15, 0.2) is 66.9 Å². The third-order valence-electron chi connectivity index (χ3n) is 4.33. The number of carbonyl (C=O) groups is 1. The van der Waals surface area contributed by atoms with Crippen LogP contribution in [0.1, 0.15) is 22.8 Å². The van der Waals surface area contributed by atoms with E-state index in [0.717, 1.165) is 17.8 Å². The molecule has 0 aliphatic heterocycles. The van der Waals surface area contributed by atoms with E-state index in [9.17, 15) is 9.18 Å². The van der Waals surface area contributed by atoms with E-state index in [-0.39, 0.29) is 11.7 Å². The second-order valence-corrected chi connectivity index (χ2v) is 6.30. The van der Waals surface area contributed by atoms with Crippen molar-refractivity contribution in [2.45, 2.75) is 13.5 Å². The van der Waals surface area contributed by atoms with E-state index in [4.69, 9.17) is 4.74 Å². The summed E-state index contributed by atoms with van der Waals surface area (Å²) >= 11 is 0. The van der Waals surface area contributed by atoms with Crippen LogP contribution in [0, 0.1) is 5.82 Å². The number of nitrogens with zero attached hydrogens (tertiary/aromatic N) is 2. The molecule has 6 heteroatoms. The first kappa shape index (κ1) is 19.4. The Morgan fingerprint density at radius 3 is 2.50 bits per heavy atom. The topological polar surface area (TPSA) is 54.5 Å². The van der Waals surface area contributed by atoms with E-state index >= 15 is 0 Å². The molecule has 1 heterocycles. The van der Waals surface area contributed by atoms with Gasteiger partial charge in [-0.2, -0.15) is 0 Å². The van der Waals surface area contributed by atoms with Gasteiger partial charge in [0.2, 0.25) is 5.88 Å². The lowest BCUT2D eigenvalue weighted by molar-refractivity contribution is 0.0951. The van der Waals surface area contributed by atoms with Crippen molar-refractivity contribution in [3.63, 3.8) is 0 Å². The summed E-state index contributed by atoms with van der Waals surface area (Å²) in [4.78, 5) is 18.6.